The van der Waals surface area contributed by atoms with Crippen LogP contribution in [0.4, 0.5) is 26.3 Å². The van der Waals surface area contributed by atoms with Gasteiger partial charge in [0.25, 0.3) is 17.7 Å². The van der Waals surface area contributed by atoms with Gasteiger partial charge in [0, 0.05) is 27.5 Å². The van der Waals surface area contributed by atoms with Gasteiger partial charge in [0.05, 0.1) is 35.1 Å². The molecule has 0 aliphatic carbocycles. The first kappa shape index (κ1) is 57.2. The lowest BCUT2D eigenvalue weighted by Gasteiger charge is -2.08. The van der Waals surface area contributed by atoms with Crippen molar-refractivity contribution in [2.75, 3.05) is 14.2 Å². The molecule has 15 nitrogen and oxygen atoms in total. The Morgan fingerprint density at radius 2 is 0.846 bits per heavy atom. The van der Waals surface area contributed by atoms with Crippen molar-refractivity contribution < 1.29 is 69.5 Å². The number of benzene rings is 6. The van der Waals surface area contributed by atoms with Gasteiger partial charge in [0.15, 0.2) is 34.7 Å². The van der Waals surface area contributed by atoms with Crippen LogP contribution in [0.15, 0.2) is 124 Å². The molecule has 3 aromatic heterocycles. The number of phenols is 1. The van der Waals surface area contributed by atoms with Crippen molar-refractivity contribution in [1.82, 2.24) is 15.0 Å². The van der Waals surface area contributed by atoms with E-state index in [1.807, 2.05) is 53.9 Å². The monoisotopic (exact) mass is 1190 g/mol. The number of carbonyl (C=O) groups is 3. The SMILES string of the molecule is COc1ccc(-c2csc(COc3ccc(F)c(C(N)=O)c3F)n2)cc1.COc1ccc(-c2nc(COc3ccc(F)c(C(N)=O)c3F)sc2Br)cc1.NC(=O)c1c(F)ccc(OCc2nc(-c3ccc(O)cc3)cs2)c1F. The van der Waals surface area contributed by atoms with Gasteiger partial charge >= 0.3 is 0 Å². The summed E-state index contributed by atoms with van der Waals surface area (Å²) < 4.78 is 110. The van der Waals surface area contributed by atoms with E-state index in [1.54, 1.807) is 43.9 Å². The van der Waals surface area contributed by atoms with Crippen LogP contribution in [0.1, 0.15) is 46.1 Å². The average Bonchev–Trinajstić information content (AvgIpc) is 4.20. The highest BCUT2D eigenvalue weighted by molar-refractivity contribution is 9.11. The fraction of sp³-hybridized carbons (Fsp3) is 0.0943. The summed E-state index contributed by atoms with van der Waals surface area (Å²) in [6.07, 6.45) is 0. The Balaban J connectivity index is 0.000000170. The second kappa shape index (κ2) is 26.0. The van der Waals surface area contributed by atoms with Gasteiger partial charge in [-0.3, -0.25) is 14.4 Å². The van der Waals surface area contributed by atoms with Gasteiger partial charge in [0.1, 0.15) is 86.2 Å². The quantitative estimate of drug-likeness (QED) is 0.0623. The normalized spacial score (nSPS) is 10.6. The lowest BCUT2D eigenvalue weighted by atomic mass is 10.1. The van der Waals surface area contributed by atoms with Crippen LogP contribution in [-0.4, -0.2) is 52.0 Å². The topological polar surface area (TPSA) is 234 Å². The van der Waals surface area contributed by atoms with Gasteiger partial charge in [-0.1, -0.05) is 0 Å². The minimum absolute atomic E-state index is 0.0262. The minimum Gasteiger partial charge on any atom is -0.508 e. The Kier molecular flexibility index (Phi) is 19.1. The van der Waals surface area contributed by atoms with Crippen LogP contribution < -0.4 is 40.9 Å². The molecular weight excluding hydrogens is 1150 g/mol. The van der Waals surface area contributed by atoms with E-state index >= 15 is 0 Å². The third-order valence-corrected chi connectivity index (χ3v) is 13.9. The van der Waals surface area contributed by atoms with Crippen molar-refractivity contribution in [1.29, 1.82) is 0 Å². The maximum Gasteiger partial charge on any atom is 0.254 e. The number of rotatable bonds is 17. The highest BCUT2D eigenvalue weighted by Gasteiger charge is 2.23. The van der Waals surface area contributed by atoms with Crippen LogP contribution in [-0.2, 0) is 19.8 Å². The second-order valence-electron chi connectivity index (χ2n) is 15.6. The van der Waals surface area contributed by atoms with Crippen LogP contribution in [0.25, 0.3) is 33.8 Å². The van der Waals surface area contributed by atoms with E-state index in [0.29, 0.717) is 26.4 Å². The molecule has 0 bridgehead atoms. The zero-order valence-electron chi connectivity index (χ0n) is 40.3. The number of phenolic OH excluding ortho intramolecular Hbond substituents is 1. The summed E-state index contributed by atoms with van der Waals surface area (Å²) in [4.78, 5) is 46.7. The molecule has 0 unspecified atom stereocenters. The summed E-state index contributed by atoms with van der Waals surface area (Å²) in [6.45, 7) is -0.134. The van der Waals surface area contributed by atoms with Crippen LogP contribution in [0.2, 0.25) is 0 Å². The maximum atomic E-state index is 14.2. The number of hydrogen-bond acceptors (Lipinski definition) is 15. The molecule has 6 aromatic carbocycles. The number of halogens is 7. The van der Waals surface area contributed by atoms with Gasteiger partial charge in [-0.15, -0.1) is 34.0 Å². The zero-order valence-corrected chi connectivity index (χ0v) is 44.4. The third kappa shape index (κ3) is 14.1. The van der Waals surface area contributed by atoms with E-state index in [1.165, 1.54) is 34.0 Å². The van der Waals surface area contributed by atoms with E-state index in [9.17, 15) is 45.8 Å². The highest BCUT2D eigenvalue weighted by Crippen LogP contribution is 2.35. The summed E-state index contributed by atoms with van der Waals surface area (Å²) in [5, 5.41) is 14.7. The number of primary amides is 3. The standard InChI is InChI=1S/C18H13BrF2N2O3S.C18H14F2N2O3S.C17H12F2N2O3S/c1-25-10-4-2-9(3-5-10)16-17(19)27-13(23-16)8-26-12-7-6-11(20)14(15(12)21)18(22)24;1-24-11-4-2-10(3-5-11)13-9-26-15(22-13)8-25-14-7-6-12(19)16(17(14)20)18(21)23;18-11-5-6-13(16(19)15(11)17(20)23)24-7-14-21-12(8-25-14)9-1-3-10(22)4-2-9/h2-7H,8H2,1H3,(H2,22,24);2-7,9H,8H2,1H3,(H2,21,23);1-6,8,22H,7H2,(H2,20,23). The minimum atomic E-state index is -1.20. The molecule has 0 spiro atoms. The van der Waals surface area contributed by atoms with Crippen molar-refractivity contribution in [3.8, 4) is 68.3 Å². The van der Waals surface area contributed by atoms with Crippen molar-refractivity contribution in [3.63, 3.8) is 0 Å². The first-order valence-corrected chi connectivity index (χ1v) is 25.6. The lowest BCUT2D eigenvalue weighted by molar-refractivity contribution is 0.0982. The second-order valence-corrected chi connectivity index (χ2v) is 19.9. The number of aromatic hydroxyl groups is 1. The number of thiazole rings is 3. The van der Waals surface area contributed by atoms with Crippen LogP contribution in [0.3, 0.4) is 0 Å². The molecule has 3 heterocycles. The number of nitrogens with zero attached hydrogens (tertiary/aromatic N) is 3. The first-order valence-electron chi connectivity index (χ1n) is 22.2. The number of methoxy groups -OCH3 is 2. The molecule has 7 N–H and O–H groups in total. The number of amides is 3. The summed E-state index contributed by atoms with van der Waals surface area (Å²) >= 11 is 7.41. The van der Waals surface area contributed by atoms with E-state index < -0.39 is 69.3 Å². The summed E-state index contributed by atoms with van der Waals surface area (Å²) in [5.74, 6) is -9.29. The fourth-order valence-corrected chi connectivity index (χ4v) is 9.80. The number of ether oxygens (including phenoxy) is 5. The molecule has 0 saturated heterocycles. The Morgan fingerprint density at radius 3 is 1.21 bits per heavy atom. The molecular formula is C53H39BrF6N6O9S3. The molecule has 402 valence electrons. The van der Waals surface area contributed by atoms with Gasteiger partial charge in [-0.05, 0) is 125 Å². The Labute approximate surface area is 459 Å². The van der Waals surface area contributed by atoms with Crippen molar-refractivity contribution >= 4 is 67.7 Å². The summed E-state index contributed by atoms with van der Waals surface area (Å²) in [7, 11) is 3.17. The maximum absolute atomic E-state index is 14.2. The van der Waals surface area contributed by atoms with Crippen molar-refractivity contribution in [3.05, 3.63) is 190 Å². The smallest absolute Gasteiger partial charge is 0.254 e. The predicted octanol–water partition coefficient (Wildman–Crippen LogP) is 11.8. The van der Waals surface area contributed by atoms with E-state index in [4.69, 9.17) is 40.9 Å². The van der Waals surface area contributed by atoms with Crippen LogP contribution >= 0.6 is 49.9 Å². The van der Waals surface area contributed by atoms with Crippen LogP contribution in [0.5, 0.6) is 34.5 Å². The molecule has 0 fully saturated rings. The molecule has 25 heteroatoms. The molecule has 9 rings (SSSR count). The number of aromatic nitrogens is 3. The largest absolute Gasteiger partial charge is 0.508 e. The van der Waals surface area contributed by atoms with Gasteiger partial charge in [-0.2, -0.15) is 0 Å². The van der Waals surface area contributed by atoms with Crippen molar-refractivity contribution in [2.45, 2.75) is 19.8 Å². The van der Waals surface area contributed by atoms with E-state index in [-0.39, 0.29) is 42.8 Å². The Bertz CT molecular complexity index is 3610. The zero-order chi connectivity index (χ0) is 56.2. The number of nitrogens with two attached hydrogens (primary N) is 3. The number of hydrogen-bond donors (Lipinski definition) is 4. The molecule has 0 saturated carbocycles. The third-order valence-electron chi connectivity index (χ3n) is 10.6. The first-order chi connectivity index (χ1) is 37.3. The molecule has 9 aromatic rings. The van der Waals surface area contributed by atoms with E-state index in [2.05, 4.69) is 30.9 Å². The molecule has 0 aliphatic heterocycles. The highest BCUT2D eigenvalue weighted by atomic mass is 79.9. The lowest BCUT2D eigenvalue weighted by Crippen LogP contribution is -2.16. The predicted molar refractivity (Wildman–Crippen MR) is 283 cm³/mol. The van der Waals surface area contributed by atoms with Crippen molar-refractivity contribution in [2.24, 2.45) is 17.2 Å². The molecule has 3 amide bonds. The Morgan fingerprint density at radius 1 is 0.500 bits per heavy atom. The molecule has 0 atom stereocenters. The number of carbonyl (C=O) groups excluding carboxylic acids is 3. The van der Waals surface area contributed by atoms with E-state index in [0.717, 1.165) is 74.1 Å². The molecule has 0 aliphatic rings. The molecule has 0 radical (unpaired) electrons. The van der Waals surface area contributed by atoms with Crippen LogP contribution in [0, 0.1) is 34.9 Å². The fourth-order valence-electron chi connectivity index (χ4n) is 6.78. The molecule has 78 heavy (non-hydrogen) atoms. The summed E-state index contributed by atoms with van der Waals surface area (Å²) in [6, 6.07) is 27.4. The van der Waals surface area contributed by atoms with Gasteiger partial charge in [-0.25, -0.2) is 41.3 Å². The average molecular weight is 1190 g/mol. The van der Waals surface area contributed by atoms with Gasteiger partial charge < -0.3 is 46.0 Å². The Hall–Kier alpha value is -8.52. The van der Waals surface area contributed by atoms with Gasteiger partial charge in [0.2, 0.25) is 0 Å². The summed E-state index contributed by atoms with van der Waals surface area (Å²) in [5.41, 5.74) is 17.2.